The van der Waals surface area contributed by atoms with E-state index in [4.69, 9.17) is 14.2 Å². The molecule has 12 nitrogen and oxygen atoms in total. The third kappa shape index (κ3) is 4.32. The molecule has 2 atom stereocenters. The number of fused-ring (bicyclic) bond motifs is 3. The molecule has 0 N–H and O–H groups in total. The Morgan fingerprint density at radius 3 is 3.00 bits per heavy atom. The summed E-state index contributed by atoms with van der Waals surface area (Å²) in [6.45, 7) is 3.65. The lowest BCUT2D eigenvalue weighted by molar-refractivity contribution is -0.00779. The molecule has 0 saturated carbocycles. The lowest BCUT2D eigenvalue weighted by Crippen LogP contribution is -2.56. The zero-order valence-electron chi connectivity index (χ0n) is 19.7. The van der Waals surface area contributed by atoms with Crippen molar-refractivity contribution in [2.45, 2.75) is 24.0 Å². The van der Waals surface area contributed by atoms with Gasteiger partial charge >= 0.3 is 6.09 Å². The molecule has 6 rings (SSSR count). The van der Waals surface area contributed by atoms with E-state index in [9.17, 15) is 9.59 Å². The number of hydrogen-bond acceptors (Lipinski definition) is 11. The van der Waals surface area contributed by atoms with Crippen LogP contribution in [0.25, 0.3) is 11.2 Å². The van der Waals surface area contributed by atoms with Crippen LogP contribution < -0.4 is 19.9 Å². The van der Waals surface area contributed by atoms with E-state index in [1.165, 1.54) is 13.3 Å². The smallest absolute Gasteiger partial charge is 0.415 e. The molecular formula is C23H25N7O5S. The van der Waals surface area contributed by atoms with Gasteiger partial charge in [-0.15, -0.1) is 22.0 Å². The van der Waals surface area contributed by atoms with Crippen molar-refractivity contribution in [2.75, 3.05) is 50.5 Å². The number of nitrogens with zero attached hydrogens (tertiary/aromatic N) is 7. The number of aromatic nitrogens is 5. The van der Waals surface area contributed by atoms with Crippen molar-refractivity contribution in [1.82, 2.24) is 29.6 Å². The standard InChI is InChI=1S/C23H25N7O5S/c1-33-19-3-2-15-21(25-19)29(20(31)11-24-15)7-6-28-5-4-14-12-30(23(32)35-16(14)13-28)18-10-17-22(27-26-18)34-8-9-36-17/h2-3,10-11,14,16H,4-9,12-13H2,1H3. The minimum absolute atomic E-state index is 0.191. The van der Waals surface area contributed by atoms with Crippen LogP contribution in [0.4, 0.5) is 10.6 Å². The number of methoxy groups -OCH3 is 1. The molecule has 3 aliphatic rings. The van der Waals surface area contributed by atoms with E-state index >= 15 is 0 Å². The first-order valence-corrected chi connectivity index (χ1v) is 12.8. The van der Waals surface area contributed by atoms with Crippen LogP contribution in [0.1, 0.15) is 6.42 Å². The van der Waals surface area contributed by atoms with Gasteiger partial charge in [-0.1, -0.05) is 0 Å². The van der Waals surface area contributed by atoms with Crippen LogP contribution in [-0.4, -0.2) is 87.5 Å². The minimum atomic E-state index is -0.415. The minimum Gasteiger partial charge on any atom is -0.481 e. The topological polar surface area (TPSA) is 125 Å². The Kier molecular flexibility index (Phi) is 6.09. The highest BCUT2D eigenvalue weighted by atomic mass is 32.2. The van der Waals surface area contributed by atoms with Gasteiger partial charge in [-0.25, -0.2) is 9.78 Å². The molecule has 2 saturated heterocycles. The summed E-state index contributed by atoms with van der Waals surface area (Å²) in [5.41, 5.74) is 0.907. The molecule has 3 aromatic rings. The normalized spacial score (nSPS) is 21.9. The van der Waals surface area contributed by atoms with Gasteiger partial charge in [0.2, 0.25) is 11.8 Å². The van der Waals surface area contributed by atoms with Crippen molar-refractivity contribution in [3.05, 3.63) is 34.7 Å². The number of pyridine rings is 1. The molecule has 0 spiro atoms. The fourth-order valence-electron chi connectivity index (χ4n) is 4.84. The van der Waals surface area contributed by atoms with E-state index < -0.39 is 6.09 Å². The predicted octanol–water partition coefficient (Wildman–Crippen LogP) is 1.42. The molecular weight excluding hydrogens is 486 g/mol. The number of rotatable bonds is 5. The summed E-state index contributed by atoms with van der Waals surface area (Å²) >= 11 is 1.65. The van der Waals surface area contributed by atoms with Gasteiger partial charge in [0.25, 0.3) is 5.56 Å². The Morgan fingerprint density at radius 1 is 1.19 bits per heavy atom. The predicted molar refractivity (Wildman–Crippen MR) is 131 cm³/mol. The summed E-state index contributed by atoms with van der Waals surface area (Å²) in [4.78, 5) is 38.7. The van der Waals surface area contributed by atoms with Gasteiger partial charge in [-0.2, -0.15) is 4.98 Å². The molecule has 1 amide bonds. The SMILES string of the molecule is COc1ccc2ncc(=O)n(CCN3CCC4CN(c5cc6c(nn5)OCCS6)C(=O)OC4C3)c2n1. The van der Waals surface area contributed by atoms with Crippen molar-refractivity contribution in [3.8, 4) is 11.8 Å². The molecule has 13 heteroatoms. The second-order valence-corrected chi connectivity index (χ2v) is 10.0. The zero-order valence-corrected chi connectivity index (χ0v) is 20.5. The first-order valence-electron chi connectivity index (χ1n) is 11.8. The molecule has 188 valence electrons. The highest BCUT2D eigenvalue weighted by Gasteiger charge is 2.40. The van der Waals surface area contributed by atoms with Crippen LogP contribution in [0.3, 0.4) is 0 Å². The average molecular weight is 512 g/mol. The van der Waals surface area contributed by atoms with E-state index in [1.807, 2.05) is 6.07 Å². The lowest BCUT2D eigenvalue weighted by Gasteiger charge is -2.43. The Balaban J connectivity index is 1.12. The molecule has 0 aliphatic carbocycles. The van der Waals surface area contributed by atoms with E-state index in [0.717, 1.165) is 23.6 Å². The number of carbonyl (C=O) groups excluding carboxylic acids is 1. The summed E-state index contributed by atoms with van der Waals surface area (Å²) in [6.07, 6.45) is 1.55. The highest BCUT2D eigenvalue weighted by Crippen LogP contribution is 2.35. The van der Waals surface area contributed by atoms with Gasteiger partial charge in [0.1, 0.15) is 11.6 Å². The van der Waals surface area contributed by atoms with Gasteiger partial charge in [0.05, 0.1) is 24.8 Å². The monoisotopic (exact) mass is 511 g/mol. The quantitative estimate of drug-likeness (QED) is 0.494. The largest absolute Gasteiger partial charge is 0.481 e. The van der Waals surface area contributed by atoms with Gasteiger partial charge in [0, 0.05) is 50.0 Å². The first-order chi connectivity index (χ1) is 17.6. The molecule has 2 fully saturated rings. The Bertz CT molecular complexity index is 1370. The van der Waals surface area contributed by atoms with E-state index in [2.05, 4.69) is 25.1 Å². The number of carbonyl (C=O) groups is 1. The molecule has 36 heavy (non-hydrogen) atoms. The van der Waals surface area contributed by atoms with Crippen LogP contribution in [0, 0.1) is 5.92 Å². The first kappa shape index (κ1) is 23.0. The number of amides is 1. The van der Waals surface area contributed by atoms with Crippen molar-refractivity contribution in [2.24, 2.45) is 5.92 Å². The maximum Gasteiger partial charge on any atom is 0.415 e. The Labute approximate surface area is 210 Å². The third-order valence-electron chi connectivity index (χ3n) is 6.75. The second kappa shape index (κ2) is 9.54. The van der Waals surface area contributed by atoms with Crippen molar-refractivity contribution < 1.29 is 19.0 Å². The molecule has 3 aromatic heterocycles. The second-order valence-electron chi connectivity index (χ2n) is 8.90. The number of hydrogen-bond donors (Lipinski definition) is 0. The van der Waals surface area contributed by atoms with Crippen LogP contribution >= 0.6 is 11.8 Å². The van der Waals surface area contributed by atoms with E-state index in [1.54, 1.807) is 33.4 Å². The lowest BCUT2D eigenvalue weighted by atomic mass is 9.92. The van der Waals surface area contributed by atoms with E-state index in [0.29, 0.717) is 61.5 Å². The van der Waals surface area contributed by atoms with E-state index in [-0.39, 0.29) is 17.6 Å². The Morgan fingerprint density at radius 2 is 2.11 bits per heavy atom. The number of thioether (sulfide) groups is 1. The molecule has 3 aliphatic heterocycles. The summed E-state index contributed by atoms with van der Waals surface area (Å²) in [5.74, 6) is 2.47. The summed E-state index contributed by atoms with van der Waals surface area (Å²) in [7, 11) is 1.54. The summed E-state index contributed by atoms with van der Waals surface area (Å²) in [6, 6.07) is 5.36. The number of piperidine rings is 1. The fraction of sp³-hybridized carbons (Fsp3) is 0.478. The molecule has 6 heterocycles. The summed E-state index contributed by atoms with van der Waals surface area (Å²) < 4.78 is 18.2. The van der Waals surface area contributed by atoms with Gasteiger partial charge < -0.3 is 14.2 Å². The van der Waals surface area contributed by atoms with Crippen molar-refractivity contribution in [1.29, 1.82) is 0 Å². The van der Waals surface area contributed by atoms with Crippen LogP contribution in [0.15, 0.2) is 34.1 Å². The molecule has 0 aromatic carbocycles. The highest BCUT2D eigenvalue weighted by molar-refractivity contribution is 7.99. The maximum absolute atomic E-state index is 12.9. The van der Waals surface area contributed by atoms with Crippen molar-refractivity contribution in [3.63, 3.8) is 0 Å². The number of likely N-dealkylation sites (tertiary alicyclic amines) is 1. The molecule has 2 unspecified atom stereocenters. The van der Waals surface area contributed by atoms with Crippen LogP contribution in [0.5, 0.6) is 11.8 Å². The van der Waals surface area contributed by atoms with Crippen molar-refractivity contribution >= 4 is 34.8 Å². The van der Waals surface area contributed by atoms with Gasteiger partial charge in [-0.05, 0) is 19.0 Å². The Hall–Kier alpha value is -3.45. The molecule has 0 bridgehead atoms. The zero-order chi connectivity index (χ0) is 24.6. The maximum atomic E-state index is 12.9. The third-order valence-corrected chi connectivity index (χ3v) is 7.73. The molecule has 0 radical (unpaired) electrons. The average Bonchev–Trinajstić information content (AvgIpc) is 2.91. The summed E-state index contributed by atoms with van der Waals surface area (Å²) in [5, 5.41) is 8.34. The van der Waals surface area contributed by atoms with Gasteiger partial charge in [0.15, 0.2) is 11.5 Å². The number of ether oxygens (including phenoxy) is 3. The van der Waals surface area contributed by atoms with Crippen LogP contribution in [0.2, 0.25) is 0 Å². The fourth-order valence-corrected chi connectivity index (χ4v) is 5.63. The number of anilines is 1. The van der Waals surface area contributed by atoms with Crippen LogP contribution in [-0.2, 0) is 11.3 Å². The van der Waals surface area contributed by atoms with Gasteiger partial charge in [-0.3, -0.25) is 19.2 Å².